The fourth-order valence-corrected chi connectivity index (χ4v) is 1.84. The van der Waals surface area contributed by atoms with Crippen LogP contribution < -0.4 is 5.73 Å². The van der Waals surface area contributed by atoms with Gasteiger partial charge in [-0.15, -0.1) is 11.3 Å². The molecule has 62 valence electrons. The van der Waals surface area contributed by atoms with E-state index in [1.807, 2.05) is 23.9 Å². The molecule has 0 aromatic carbocycles. The standard InChI is InChI=1S/C9H10N2S/c1-11-3-2-7(5-11)8-4-9(10)12-6-8/h2-6H,10H2,1H3. The lowest BCUT2D eigenvalue weighted by Crippen LogP contribution is -1.77. The van der Waals surface area contributed by atoms with Gasteiger partial charge in [-0.25, -0.2) is 0 Å². The molecule has 2 nitrogen and oxygen atoms in total. The van der Waals surface area contributed by atoms with E-state index in [-0.39, 0.29) is 0 Å². The lowest BCUT2D eigenvalue weighted by Gasteiger charge is -1.88. The number of nitrogens with two attached hydrogens (primary N) is 1. The Morgan fingerprint density at radius 3 is 2.75 bits per heavy atom. The van der Waals surface area contributed by atoms with Gasteiger partial charge in [0, 0.05) is 30.4 Å². The van der Waals surface area contributed by atoms with E-state index in [0.717, 1.165) is 5.00 Å². The fraction of sp³-hybridized carbons (Fsp3) is 0.111. The van der Waals surface area contributed by atoms with Gasteiger partial charge in [0.1, 0.15) is 0 Å². The van der Waals surface area contributed by atoms with Crippen LogP contribution in [0.2, 0.25) is 0 Å². The van der Waals surface area contributed by atoms with Gasteiger partial charge in [-0.1, -0.05) is 0 Å². The average molecular weight is 178 g/mol. The van der Waals surface area contributed by atoms with Crippen molar-refractivity contribution in [3.63, 3.8) is 0 Å². The normalized spacial score (nSPS) is 10.4. The highest BCUT2D eigenvalue weighted by Crippen LogP contribution is 2.26. The molecule has 0 aliphatic carbocycles. The van der Waals surface area contributed by atoms with Gasteiger partial charge in [-0.2, -0.15) is 0 Å². The van der Waals surface area contributed by atoms with Crippen molar-refractivity contribution in [3.8, 4) is 11.1 Å². The van der Waals surface area contributed by atoms with Crippen molar-refractivity contribution in [3.05, 3.63) is 29.9 Å². The van der Waals surface area contributed by atoms with Crippen molar-refractivity contribution >= 4 is 16.3 Å². The zero-order chi connectivity index (χ0) is 8.55. The molecule has 0 bridgehead atoms. The summed E-state index contributed by atoms with van der Waals surface area (Å²) < 4.78 is 2.03. The number of thiophene rings is 1. The fourth-order valence-electron chi connectivity index (χ4n) is 1.18. The molecule has 12 heavy (non-hydrogen) atoms. The summed E-state index contributed by atoms with van der Waals surface area (Å²) >= 11 is 1.58. The van der Waals surface area contributed by atoms with Crippen LogP contribution in [-0.2, 0) is 7.05 Å². The molecule has 0 amide bonds. The second-order valence-corrected chi connectivity index (χ2v) is 3.75. The third kappa shape index (κ3) is 1.23. The molecule has 0 saturated heterocycles. The van der Waals surface area contributed by atoms with Crippen molar-refractivity contribution in [2.24, 2.45) is 7.05 Å². The first-order valence-corrected chi connectivity index (χ1v) is 4.60. The van der Waals surface area contributed by atoms with Crippen molar-refractivity contribution in [2.75, 3.05) is 5.73 Å². The van der Waals surface area contributed by atoms with Crippen LogP contribution >= 0.6 is 11.3 Å². The number of hydrogen-bond acceptors (Lipinski definition) is 2. The van der Waals surface area contributed by atoms with E-state index in [0.29, 0.717) is 0 Å². The number of nitrogens with zero attached hydrogens (tertiary/aromatic N) is 1. The highest BCUT2D eigenvalue weighted by Gasteiger charge is 2.00. The van der Waals surface area contributed by atoms with Crippen molar-refractivity contribution in [2.45, 2.75) is 0 Å². The lowest BCUT2D eigenvalue weighted by molar-refractivity contribution is 0.928. The molecule has 0 unspecified atom stereocenters. The maximum Gasteiger partial charge on any atom is 0.0862 e. The maximum absolute atomic E-state index is 5.63. The van der Waals surface area contributed by atoms with Gasteiger partial charge in [0.2, 0.25) is 0 Å². The minimum absolute atomic E-state index is 0.869. The quantitative estimate of drug-likeness (QED) is 0.714. The summed E-state index contributed by atoms with van der Waals surface area (Å²) in [6.07, 6.45) is 4.12. The Morgan fingerprint density at radius 2 is 2.25 bits per heavy atom. The Morgan fingerprint density at radius 1 is 1.42 bits per heavy atom. The second kappa shape index (κ2) is 2.68. The first kappa shape index (κ1) is 7.43. The molecule has 0 saturated carbocycles. The van der Waals surface area contributed by atoms with Crippen LogP contribution in [-0.4, -0.2) is 4.57 Å². The summed E-state index contributed by atoms with van der Waals surface area (Å²) in [6, 6.07) is 4.08. The highest BCUT2D eigenvalue weighted by molar-refractivity contribution is 7.14. The number of anilines is 1. The van der Waals surface area contributed by atoms with E-state index in [4.69, 9.17) is 5.73 Å². The lowest BCUT2D eigenvalue weighted by atomic mass is 10.2. The zero-order valence-corrected chi connectivity index (χ0v) is 7.64. The van der Waals surface area contributed by atoms with Gasteiger partial charge >= 0.3 is 0 Å². The molecule has 2 heterocycles. The SMILES string of the molecule is Cn1ccc(-c2csc(N)c2)c1. The van der Waals surface area contributed by atoms with Crippen LogP contribution in [0.5, 0.6) is 0 Å². The molecular weight excluding hydrogens is 168 g/mol. The molecule has 2 aromatic rings. The Kier molecular flexibility index (Phi) is 1.66. The van der Waals surface area contributed by atoms with Crippen LogP contribution in [0.1, 0.15) is 0 Å². The molecule has 2 aromatic heterocycles. The van der Waals surface area contributed by atoms with Gasteiger partial charge in [-0.3, -0.25) is 0 Å². The van der Waals surface area contributed by atoms with Crippen LogP contribution in [0.25, 0.3) is 11.1 Å². The van der Waals surface area contributed by atoms with E-state index < -0.39 is 0 Å². The first-order valence-electron chi connectivity index (χ1n) is 3.72. The molecule has 0 spiro atoms. The van der Waals surface area contributed by atoms with Crippen molar-refractivity contribution < 1.29 is 0 Å². The van der Waals surface area contributed by atoms with E-state index in [9.17, 15) is 0 Å². The highest BCUT2D eigenvalue weighted by atomic mass is 32.1. The summed E-state index contributed by atoms with van der Waals surface area (Å²) in [5.41, 5.74) is 8.07. The molecule has 0 fully saturated rings. The van der Waals surface area contributed by atoms with E-state index >= 15 is 0 Å². The van der Waals surface area contributed by atoms with Crippen LogP contribution in [0.4, 0.5) is 5.00 Å². The molecule has 2 rings (SSSR count). The number of hydrogen-bond donors (Lipinski definition) is 1. The Labute approximate surface area is 75.3 Å². The average Bonchev–Trinajstić information content (AvgIpc) is 2.58. The van der Waals surface area contributed by atoms with Gasteiger partial charge in [-0.05, 0) is 17.7 Å². The number of nitrogen functional groups attached to an aromatic ring is 1. The monoisotopic (exact) mass is 178 g/mol. The van der Waals surface area contributed by atoms with Gasteiger partial charge in [0.25, 0.3) is 0 Å². The van der Waals surface area contributed by atoms with E-state index in [1.54, 1.807) is 11.3 Å². The summed E-state index contributed by atoms with van der Waals surface area (Å²) in [5.74, 6) is 0. The van der Waals surface area contributed by atoms with E-state index in [1.165, 1.54) is 11.1 Å². The predicted octanol–water partition coefficient (Wildman–Crippen LogP) is 2.34. The third-order valence-corrected chi connectivity index (χ3v) is 2.55. The van der Waals surface area contributed by atoms with Crippen LogP contribution in [0, 0.1) is 0 Å². The predicted molar refractivity (Wildman–Crippen MR) is 53.1 cm³/mol. The number of rotatable bonds is 1. The van der Waals surface area contributed by atoms with Crippen molar-refractivity contribution in [1.29, 1.82) is 0 Å². The summed E-state index contributed by atoms with van der Waals surface area (Å²) in [7, 11) is 2.01. The topological polar surface area (TPSA) is 30.9 Å². The molecular formula is C9H10N2S. The Bertz CT molecular complexity index is 348. The zero-order valence-electron chi connectivity index (χ0n) is 6.82. The molecule has 3 heteroatoms. The van der Waals surface area contributed by atoms with Crippen molar-refractivity contribution in [1.82, 2.24) is 4.57 Å². The largest absolute Gasteiger partial charge is 0.391 e. The Hall–Kier alpha value is -1.22. The molecule has 0 radical (unpaired) electrons. The van der Waals surface area contributed by atoms with Gasteiger partial charge in [0.15, 0.2) is 0 Å². The molecule has 0 aliphatic heterocycles. The summed E-state index contributed by atoms with van der Waals surface area (Å²) in [5, 5.41) is 2.94. The van der Waals surface area contributed by atoms with Gasteiger partial charge in [0.05, 0.1) is 5.00 Å². The first-order chi connectivity index (χ1) is 5.75. The maximum atomic E-state index is 5.63. The molecule has 0 atom stereocenters. The number of aryl methyl sites for hydroxylation is 1. The smallest absolute Gasteiger partial charge is 0.0862 e. The van der Waals surface area contributed by atoms with Crippen LogP contribution in [0.3, 0.4) is 0 Å². The molecule has 2 N–H and O–H groups in total. The molecule has 0 aliphatic rings. The Balaban J connectivity index is 2.43. The minimum Gasteiger partial charge on any atom is -0.391 e. The minimum atomic E-state index is 0.869. The van der Waals surface area contributed by atoms with E-state index in [2.05, 4.69) is 17.6 Å². The van der Waals surface area contributed by atoms with Gasteiger partial charge < -0.3 is 10.3 Å². The number of aromatic nitrogens is 1. The third-order valence-electron chi connectivity index (χ3n) is 1.79. The summed E-state index contributed by atoms with van der Waals surface area (Å²) in [6.45, 7) is 0. The summed E-state index contributed by atoms with van der Waals surface area (Å²) in [4.78, 5) is 0. The van der Waals surface area contributed by atoms with Crippen LogP contribution in [0.15, 0.2) is 29.9 Å². The second-order valence-electron chi connectivity index (χ2n) is 2.80.